The second kappa shape index (κ2) is 12.4. The topological polar surface area (TPSA) is 28.3 Å². The Morgan fingerprint density at radius 2 is 0.831 bits per heavy atom. The van der Waals surface area contributed by atoms with Gasteiger partial charge in [0.15, 0.2) is 0 Å². The van der Waals surface area contributed by atoms with Crippen LogP contribution in [-0.4, -0.2) is 16.0 Å². The SMILES string of the molecule is c1cc(-c2ccc3c(c2)OB2c4cc(-c5cccc(-n6c7ccccc7c7ccccc76)c5)ccc4Oc4cccc-3c42)cc(-n2c3ccccc3c3ccccc32)c1. The van der Waals surface area contributed by atoms with Gasteiger partial charge in [0, 0.05) is 49.4 Å². The Labute approximate surface area is 340 Å². The summed E-state index contributed by atoms with van der Waals surface area (Å²) >= 11 is 0. The summed E-state index contributed by atoms with van der Waals surface area (Å²) in [5.41, 5.74) is 15.8. The lowest BCUT2D eigenvalue weighted by Crippen LogP contribution is -2.53. The third kappa shape index (κ3) is 4.79. The predicted octanol–water partition coefficient (Wildman–Crippen LogP) is 12.5. The van der Waals surface area contributed by atoms with Crippen LogP contribution in [0.2, 0.25) is 0 Å². The van der Waals surface area contributed by atoms with E-state index in [2.05, 4.69) is 209 Å². The highest BCUT2D eigenvalue weighted by Crippen LogP contribution is 2.42. The van der Waals surface area contributed by atoms with E-state index < -0.39 is 0 Å². The molecule has 0 atom stereocenters. The fourth-order valence-electron chi connectivity index (χ4n) is 9.76. The summed E-state index contributed by atoms with van der Waals surface area (Å²) in [6.07, 6.45) is 0. The lowest BCUT2D eigenvalue weighted by atomic mass is 9.50. The molecule has 2 aliphatic rings. The van der Waals surface area contributed by atoms with E-state index in [0.717, 1.165) is 72.9 Å². The second-order valence-electron chi connectivity index (χ2n) is 15.6. The molecule has 4 nitrogen and oxygen atoms in total. The smallest absolute Gasteiger partial charge is 0.434 e. The summed E-state index contributed by atoms with van der Waals surface area (Å²) in [7, 11) is 0. The lowest BCUT2D eigenvalue weighted by molar-refractivity contribution is 0.479. The van der Waals surface area contributed by atoms with Gasteiger partial charge in [-0.25, -0.2) is 0 Å². The molecule has 11 aromatic rings. The first-order valence-electron chi connectivity index (χ1n) is 20.2. The molecular formula is C54H33BN2O2. The highest BCUT2D eigenvalue weighted by atomic mass is 16.5. The molecule has 0 N–H and O–H groups in total. The minimum Gasteiger partial charge on any atom is -0.551 e. The Morgan fingerprint density at radius 3 is 1.41 bits per heavy atom. The fraction of sp³-hybridized carbons (Fsp3) is 0. The molecule has 0 aliphatic carbocycles. The predicted molar refractivity (Wildman–Crippen MR) is 244 cm³/mol. The van der Waals surface area contributed by atoms with E-state index in [4.69, 9.17) is 9.39 Å². The van der Waals surface area contributed by atoms with Crippen molar-refractivity contribution in [2.45, 2.75) is 0 Å². The van der Waals surface area contributed by atoms with Crippen molar-refractivity contribution in [2.75, 3.05) is 0 Å². The number of para-hydroxylation sites is 4. The van der Waals surface area contributed by atoms with E-state index in [1.54, 1.807) is 0 Å². The Morgan fingerprint density at radius 1 is 0.339 bits per heavy atom. The van der Waals surface area contributed by atoms with E-state index in [1.165, 1.54) is 43.6 Å². The van der Waals surface area contributed by atoms with E-state index in [9.17, 15) is 0 Å². The minimum absolute atomic E-state index is 0.322. The van der Waals surface area contributed by atoms with E-state index in [1.807, 2.05) is 0 Å². The highest BCUT2D eigenvalue weighted by Gasteiger charge is 2.40. The molecule has 9 aromatic carbocycles. The molecule has 5 heteroatoms. The molecular weight excluding hydrogens is 719 g/mol. The minimum atomic E-state index is -0.322. The van der Waals surface area contributed by atoms with Crippen molar-refractivity contribution in [1.82, 2.24) is 9.13 Å². The van der Waals surface area contributed by atoms with Crippen molar-refractivity contribution >= 4 is 61.5 Å². The van der Waals surface area contributed by atoms with Crippen LogP contribution < -0.4 is 20.3 Å². The van der Waals surface area contributed by atoms with Crippen LogP contribution in [0, 0.1) is 0 Å². The van der Waals surface area contributed by atoms with E-state index >= 15 is 0 Å². The summed E-state index contributed by atoms with van der Waals surface area (Å²) in [5.74, 6) is 2.53. The van der Waals surface area contributed by atoms with Gasteiger partial charge in [0.25, 0.3) is 0 Å². The zero-order valence-corrected chi connectivity index (χ0v) is 31.8. The highest BCUT2D eigenvalue weighted by molar-refractivity contribution is 6.84. The van der Waals surface area contributed by atoms with Gasteiger partial charge in [-0.1, -0.05) is 133 Å². The molecule has 274 valence electrons. The van der Waals surface area contributed by atoms with Gasteiger partial charge in [-0.05, 0) is 94.5 Å². The number of fused-ring (bicyclic) bond motifs is 10. The zero-order valence-electron chi connectivity index (χ0n) is 31.8. The molecule has 0 amide bonds. The van der Waals surface area contributed by atoms with Gasteiger partial charge in [-0.2, -0.15) is 0 Å². The maximum absolute atomic E-state index is 7.13. The molecule has 0 bridgehead atoms. The number of hydrogen-bond acceptors (Lipinski definition) is 2. The van der Waals surface area contributed by atoms with Gasteiger partial charge in [0.1, 0.15) is 17.2 Å². The first-order valence-corrected chi connectivity index (χ1v) is 20.2. The number of nitrogens with zero attached hydrogens (tertiary/aromatic N) is 2. The van der Waals surface area contributed by atoms with Crippen molar-refractivity contribution in [3.05, 3.63) is 200 Å². The second-order valence-corrected chi connectivity index (χ2v) is 15.6. The summed E-state index contributed by atoms with van der Waals surface area (Å²) in [5, 5.41) is 5.01. The quantitative estimate of drug-likeness (QED) is 0.168. The number of hydrogen-bond donors (Lipinski definition) is 0. The van der Waals surface area contributed by atoms with Gasteiger partial charge in [0.2, 0.25) is 0 Å². The maximum atomic E-state index is 7.13. The third-order valence-corrected chi connectivity index (χ3v) is 12.4. The fourth-order valence-corrected chi connectivity index (χ4v) is 9.76. The molecule has 13 rings (SSSR count). The van der Waals surface area contributed by atoms with Crippen molar-refractivity contribution < 1.29 is 9.39 Å². The molecule has 0 radical (unpaired) electrons. The number of rotatable bonds is 4. The number of benzene rings is 9. The van der Waals surface area contributed by atoms with Crippen molar-refractivity contribution in [1.29, 1.82) is 0 Å². The number of ether oxygens (including phenoxy) is 1. The standard InChI is InChI=1S/C54H33BN2O2/c1-5-21-47-40(16-1)41-17-2-6-22-48(41)56(47)38-14-9-12-34(30-38)36-27-29-51-46(32-36)55-54-45(20-11-25-52(54)58-51)44-28-26-37(33-53(44)59-55)35-13-10-15-39(31-35)57-49-23-7-3-18-42(49)43-19-4-8-24-50(43)57/h1-33H. The van der Waals surface area contributed by atoms with Crippen LogP contribution in [0.1, 0.15) is 0 Å². The Balaban J connectivity index is 0.899. The largest absolute Gasteiger partial charge is 0.551 e. The molecule has 0 saturated heterocycles. The van der Waals surface area contributed by atoms with Crippen molar-refractivity contribution in [2.24, 2.45) is 0 Å². The molecule has 59 heavy (non-hydrogen) atoms. The van der Waals surface area contributed by atoms with Gasteiger partial charge < -0.3 is 18.5 Å². The maximum Gasteiger partial charge on any atom is 0.434 e. The van der Waals surface area contributed by atoms with Crippen LogP contribution in [-0.2, 0) is 0 Å². The molecule has 0 fully saturated rings. The molecule has 2 aliphatic heterocycles. The summed E-state index contributed by atoms with van der Waals surface area (Å²) in [4.78, 5) is 0. The van der Waals surface area contributed by atoms with Crippen molar-refractivity contribution in [3.8, 4) is 62.0 Å². The average Bonchev–Trinajstić information content (AvgIpc) is 3.82. The first-order chi connectivity index (χ1) is 29.2. The van der Waals surface area contributed by atoms with Crippen LogP contribution in [0.4, 0.5) is 0 Å². The third-order valence-electron chi connectivity index (χ3n) is 12.4. The van der Waals surface area contributed by atoms with Crippen molar-refractivity contribution in [3.63, 3.8) is 0 Å². The monoisotopic (exact) mass is 752 g/mol. The molecule has 4 heterocycles. The molecule has 0 unspecified atom stereocenters. The van der Waals surface area contributed by atoms with Crippen LogP contribution >= 0.6 is 0 Å². The van der Waals surface area contributed by atoms with E-state index in [-0.39, 0.29) is 6.92 Å². The van der Waals surface area contributed by atoms with Gasteiger partial charge in [-0.3, -0.25) is 0 Å². The van der Waals surface area contributed by atoms with Crippen LogP contribution in [0.25, 0.3) is 88.4 Å². The van der Waals surface area contributed by atoms with Crippen LogP contribution in [0.3, 0.4) is 0 Å². The summed E-state index contributed by atoms with van der Waals surface area (Å²) in [6, 6.07) is 71.8. The first kappa shape index (κ1) is 32.3. The Bertz CT molecular complexity index is 3430. The summed E-state index contributed by atoms with van der Waals surface area (Å²) in [6.45, 7) is -0.322. The Hall–Kier alpha value is -7.76. The normalized spacial score (nSPS) is 12.6. The molecule has 0 saturated carbocycles. The van der Waals surface area contributed by atoms with E-state index in [0.29, 0.717) is 0 Å². The number of aromatic nitrogens is 2. The Kier molecular flexibility index (Phi) is 6.78. The molecule has 2 aromatic heterocycles. The van der Waals surface area contributed by atoms with Crippen LogP contribution in [0.5, 0.6) is 17.2 Å². The van der Waals surface area contributed by atoms with Gasteiger partial charge in [0.05, 0.1) is 22.1 Å². The molecule has 0 spiro atoms. The van der Waals surface area contributed by atoms with Gasteiger partial charge >= 0.3 is 6.92 Å². The van der Waals surface area contributed by atoms with Gasteiger partial charge in [-0.15, -0.1) is 0 Å². The average molecular weight is 753 g/mol. The lowest BCUT2D eigenvalue weighted by Gasteiger charge is -2.33. The zero-order chi connectivity index (χ0) is 38.6. The summed E-state index contributed by atoms with van der Waals surface area (Å²) < 4.78 is 18.5. The van der Waals surface area contributed by atoms with Crippen LogP contribution in [0.15, 0.2) is 200 Å².